The van der Waals surface area contributed by atoms with E-state index in [2.05, 4.69) is 6.07 Å². The number of rotatable bonds is 3. The average Bonchev–Trinajstić information content (AvgIpc) is 2.38. The second-order valence-corrected chi connectivity index (χ2v) is 5.21. The van der Waals surface area contributed by atoms with E-state index in [1.54, 1.807) is 31.2 Å². The summed E-state index contributed by atoms with van der Waals surface area (Å²) in [5.41, 5.74) is 1.36. The van der Waals surface area contributed by atoms with Crippen LogP contribution in [0.5, 0.6) is 0 Å². The average molecular weight is 272 g/mol. The summed E-state index contributed by atoms with van der Waals surface area (Å²) in [4.78, 5) is 0. The molecule has 2 nitrogen and oxygen atoms in total. The second-order valence-electron chi connectivity index (χ2n) is 4.77. The van der Waals surface area contributed by atoms with Crippen molar-refractivity contribution in [2.75, 3.05) is 0 Å². The molecule has 0 heterocycles. The molecule has 0 amide bonds. The largest absolute Gasteiger partial charge is 0.385 e. The molecule has 3 heteroatoms. The van der Waals surface area contributed by atoms with E-state index in [-0.39, 0.29) is 0 Å². The monoisotopic (exact) mass is 271 g/mol. The number of hydrogen-bond donors (Lipinski definition) is 1. The highest BCUT2D eigenvalue weighted by molar-refractivity contribution is 6.30. The molecule has 1 unspecified atom stereocenters. The molecule has 96 valence electrons. The van der Waals surface area contributed by atoms with Crippen LogP contribution >= 0.6 is 11.6 Å². The molecule has 0 aliphatic heterocycles. The Morgan fingerprint density at radius 2 is 1.89 bits per heavy atom. The number of nitrogens with zero attached hydrogens (tertiary/aromatic N) is 1. The fourth-order valence-corrected chi connectivity index (χ4v) is 2.26. The lowest BCUT2D eigenvalue weighted by molar-refractivity contribution is 0.0576. The summed E-state index contributed by atoms with van der Waals surface area (Å²) < 4.78 is 0. The maximum Gasteiger partial charge on any atom is 0.0991 e. The standard InChI is InChI=1S/C16H14ClNO/c1-16(19,10-13-3-2-4-15(17)9-13)14-7-5-12(11-18)6-8-14/h2-9,19H,10H2,1H3. The highest BCUT2D eigenvalue weighted by atomic mass is 35.5. The van der Waals surface area contributed by atoms with E-state index in [0.29, 0.717) is 17.0 Å². The van der Waals surface area contributed by atoms with Gasteiger partial charge in [0.15, 0.2) is 0 Å². The third-order valence-corrected chi connectivity index (χ3v) is 3.31. The lowest BCUT2D eigenvalue weighted by atomic mass is 9.89. The van der Waals surface area contributed by atoms with Gasteiger partial charge in [0.1, 0.15) is 0 Å². The Labute approximate surface area is 117 Å². The van der Waals surface area contributed by atoms with Gasteiger partial charge in [-0.25, -0.2) is 0 Å². The third kappa shape index (κ3) is 3.35. The van der Waals surface area contributed by atoms with Gasteiger partial charge in [-0.15, -0.1) is 0 Å². The minimum absolute atomic E-state index is 0.472. The minimum Gasteiger partial charge on any atom is -0.385 e. The quantitative estimate of drug-likeness (QED) is 0.926. The van der Waals surface area contributed by atoms with Crippen molar-refractivity contribution in [1.29, 1.82) is 5.26 Å². The summed E-state index contributed by atoms with van der Waals surface area (Å²) in [6, 6.07) is 16.5. The van der Waals surface area contributed by atoms with Crippen molar-refractivity contribution in [1.82, 2.24) is 0 Å². The SMILES string of the molecule is CC(O)(Cc1cccc(Cl)c1)c1ccc(C#N)cc1. The van der Waals surface area contributed by atoms with Crippen molar-refractivity contribution >= 4 is 11.6 Å². The third-order valence-electron chi connectivity index (χ3n) is 3.07. The van der Waals surface area contributed by atoms with Crippen molar-refractivity contribution in [3.63, 3.8) is 0 Å². The first kappa shape index (κ1) is 13.6. The lowest BCUT2D eigenvalue weighted by Gasteiger charge is -2.24. The zero-order valence-corrected chi connectivity index (χ0v) is 11.4. The van der Waals surface area contributed by atoms with E-state index in [4.69, 9.17) is 16.9 Å². The van der Waals surface area contributed by atoms with Crippen LogP contribution in [0.2, 0.25) is 5.02 Å². The number of hydrogen-bond acceptors (Lipinski definition) is 2. The molecule has 2 rings (SSSR count). The van der Waals surface area contributed by atoms with E-state index in [9.17, 15) is 5.11 Å². The highest BCUT2D eigenvalue weighted by Gasteiger charge is 2.23. The fourth-order valence-electron chi connectivity index (χ4n) is 2.05. The van der Waals surface area contributed by atoms with Gasteiger partial charge < -0.3 is 5.11 Å². The molecule has 1 atom stereocenters. The summed E-state index contributed by atoms with van der Waals surface area (Å²) in [7, 11) is 0. The predicted octanol–water partition coefficient (Wildman–Crippen LogP) is 3.66. The number of nitriles is 1. The van der Waals surface area contributed by atoms with Crippen LogP contribution in [-0.4, -0.2) is 5.11 Å². The molecule has 0 saturated carbocycles. The van der Waals surface area contributed by atoms with E-state index < -0.39 is 5.60 Å². The van der Waals surface area contributed by atoms with E-state index in [1.807, 2.05) is 24.3 Å². The lowest BCUT2D eigenvalue weighted by Crippen LogP contribution is -2.24. The topological polar surface area (TPSA) is 44.0 Å². The van der Waals surface area contributed by atoms with Crippen LogP contribution in [0.3, 0.4) is 0 Å². The predicted molar refractivity (Wildman–Crippen MR) is 75.9 cm³/mol. The molecular weight excluding hydrogens is 258 g/mol. The summed E-state index contributed by atoms with van der Waals surface area (Å²) in [5, 5.41) is 20.0. The minimum atomic E-state index is -0.987. The number of benzene rings is 2. The maximum absolute atomic E-state index is 10.6. The molecule has 1 N–H and O–H groups in total. The first-order valence-corrected chi connectivity index (χ1v) is 6.36. The van der Waals surface area contributed by atoms with Crippen molar-refractivity contribution < 1.29 is 5.11 Å². The Hall–Kier alpha value is -1.82. The van der Waals surface area contributed by atoms with Gasteiger partial charge in [0.2, 0.25) is 0 Å². The molecule has 2 aromatic carbocycles. The molecule has 0 bridgehead atoms. The molecule has 0 fully saturated rings. The van der Waals surface area contributed by atoms with E-state index in [0.717, 1.165) is 11.1 Å². The Balaban J connectivity index is 2.24. The van der Waals surface area contributed by atoms with Gasteiger partial charge >= 0.3 is 0 Å². The molecule has 0 spiro atoms. The maximum atomic E-state index is 10.6. The molecule has 0 aliphatic carbocycles. The van der Waals surface area contributed by atoms with Crippen molar-refractivity contribution in [2.24, 2.45) is 0 Å². The molecule has 0 aromatic heterocycles. The smallest absolute Gasteiger partial charge is 0.0991 e. The van der Waals surface area contributed by atoms with E-state index in [1.165, 1.54) is 0 Å². The van der Waals surface area contributed by atoms with Gasteiger partial charge in [0, 0.05) is 11.4 Å². The molecule has 0 aliphatic rings. The first-order chi connectivity index (χ1) is 9.01. The van der Waals surface area contributed by atoms with Crippen molar-refractivity contribution in [3.8, 4) is 6.07 Å². The number of halogens is 1. The second kappa shape index (κ2) is 5.44. The highest BCUT2D eigenvalue weighted by Crippen LogP contribution is 2.26. The van der Waals surface area contributed by atoms with Crippen LogP contribution in [0.25, 0.3) is 0 Å². The van der Waals surface area contributed by atoms with Gasteiger partial charge in [-0.2, -0.15) is 5.26 Å². The number of aliphatic hydroxyl groups is 1. The molecule has 0 radical (unpaired) electrons. The Kier molecular flexibility index (Phi) is 3.90. The van der Waals surface area contributed by atoms with Crippen LogP contribution in [0.15, 0.2) is 48.5 Å². The molecule has 2 aromatic rings. The van der Waals surface area contributed by atoms with Gasteiger partial charge in [-0.3, -0.25) is 0 Å². The summed E-state index contributed by atoms with van der Waals surface area (Å²) >= 11 is 5.94. The zero-order chi connectivity index (χ0) is 13.9. The van der Waals surface area contributed by atoms with Crippen LogP contribution in [0.1, 0.15) is 23.6 Å². The Bertz CT molecular complexity index is 611. The van der Waals surface area contributed by atoms with Gasteiger partial charge in [-0.1, -0.05) is 35.9 Å². The molecule has 0 saturated heterocycles. The first-order valence-electron chi connectivity index (χ1n) is 5.99. The van der Waals surface area contributed by atoms with Crippen molar-refractivity contribution in [2.45, 2.75) is 18.9 Å². The van der Waals surface area contributed by atoms with Crippen LogP contribution in [-0.2, 0) is 12.0 Å². The fraction of sp³-hybridized carbons (Fsp3) is 0.188. The van der Waals surface area contributed by atoms with Crippen LogP contribution in [0, 0.1) is 11.3 Å². The van der Waals surface area contributed by atoms with E-state index >= 15 is 0 Å². The van der Waals surface area contributed by atoms with Crippen molar-refractivity contribution in [3.05, 3.63) is 70.2 Å². The molecular formula is C16H14ClNO. The van der Waals surface area contributed by atoms with Gasteiger partial charge in [-0.05, 0) is 42.3 Å². The summed E-state index contributed by atoms with van der Waals surface area (Å²) in [5.74, 6) is 0. The van der Waals surface area contributed by atoms with Gasteiger partial charge in [0.25, 0.3) is 0 Å². The summed E-state index contributed by atoms with van der Waals surface area (Å²) in [6.45, 7) is 1.76. The Morgan fingerprint density at radius 3 is 2.47 bits per heavy atom. The zero-order valence-electron chi connectivity index (χ0n) is 10.6. The normalized spacial score (nSPS) is 13.6. The Morgan fingerprint density at radius 1 is 1.21 bits per heavy atom. The molecule has 19 heavy (non-hydrogen) atoms. The van der Waals surface area contributed by atoms with Gasteiger partial charge in [0.05, 0.1) is 17.2 Å². The van der Waals surface area contributed by atoms with Crippen LogP contribution < -0.4 is 0 Å². The van der Waals surface area contributed by atoms with Crippen LogP contribution in [0.4, 0.5) is 0 Å². The summed E-state index contributed by atoms with van der Waals surface area (Å²) in [6.07, 6.45) is 0.472.